The number of nitrogens with zero attached hydrogens (tertiary/aromatic N) is 2. The molecule has 1 heterocycles. The third-order valence-corrected chi connectivity index (χ3v) is 2.28. The first kappa shape index (κ1) is 8.73. The Morgan fingerprint density at radius 3 is 1.75 bits per heavy atom. The number of pyridine rings is 1. The zero-order valence-electron chi connectivity index (χ0n) is 7.89. The Kier molecular flexibility index (Phi) is 2.14. The van der Waals surface area contributed by atoms with Gasteiger partial charge in [0.25, 0.3) is 0 Å². The first-order valence-electron chi connectivity index (χ1n) is 3.92. The number of aryl methyl sites for hydroxylation is 2. The predicted molar refractivity (Wildman–Crippen MR) is 47.9 cm³/mol. The van der Waals surface area contributed by atoms with Gasteiger partial charge in [-0.2, -0.15) is 5.26 Å². The van der Waals surface area contributed by atoms with Crippen LogP contribution in [-0.4, -0.2) is 4.98 Å². The molecule has 0 spiro atoms. The van der Waals surface area contributed by atoms with Crippen LogP contribution >= 0.6 is 0 Å². The summed E-state index contributed by atoms with van der Waals surface area (Å²) < 4.78 is 0. The maximum atomic E-state index is 8.87. The predicted octanol–water partition coefficient (Wildman–Crippen LogP) is 2.19. The molecule has 1 aromatic heterocycles. The fourth-order valence-electron chi connectivity index (χ4n) is 1.23. The van der Waals surface area contributed by atoms with Crippen LogP contribution in [0.15, 0.2) is 0 Å². The molecule has 62 valence electrons. The maximum Gasteiger partial charge on any atom is 0.0998 e. The summed E-state index contributed by atoms with van der Waals surface area (Å²) in [4.78, 5) is 4.33. The Bertz CT molecular complexity index is 333. The number of hydrogen-bond acceptors (Lipinski definition) is 2. The average Bonchev–Trinajstić information content (AvgIpc) is 2.02. The molecule has 0 aliphatic heterocycles. The number of rotatable bonds is 0. The lowest BCUT2D eigenvalue weighted by molar-refractivity contribution is 1.05. The van der Waals surface area contributed by atoms with Gasteiger partial charge in [0.2, 0.25) is 0 Å². The quantitative estimate of drug-likeness (QED) is 0.583. The van der Waals surface area contributed by atoms with Crippen LogP contribution in [0.4, 0.5) is 0 Å². The highest BCUT2D eigenvalue weighted by atomic mass is 14.7. The summed E-state index contributed by atoms with van der Waals surface area (Å²) in [5.41, 5.74) is 4.69. The summed E-state index contributed by atoms with van der Waals surface area (Å²) in [6.07, 6.45) is 0. The lowest BCUT2D eigenvalue weighted by Crippen LogP contribution is -1.99. The van der Waals surface area contributed by atoms with Crippen molar-refractivity contribution in [1.29, 1.82) is 5.26 Å². The molecule has 0 unspecified atom stereocenters. The lowest BCUT2D eigenvalue weighted by Gasteiger charge is -2.07. The van der Waals surface area contributed by atoms with Crippen molar-refractivity contribution in [2.45, 2.75) is 27.7 Å². The van der Waals surface area contributed by atoms with Gasteiger partial charge in [0, 0.05) is 11.4 Å². The van der Waals surface area contributed by atoms with Crippen molar-refractivity contribution in [2.75, 3.05) is 0 Å². The molecule has 12 heavy (non-hydrogen) atoms. The third kappa shape index (κ3) is 1.18. The van der Waals surface area contributed by atoms with Gasteiger partial charge >= 0.3 is 0 Å². The Morgan fingerprint density at radius 1 is 1.00 bits per heavy atom. The van der Waals surface area contributed by atoms with Gasteiger partial charge in [0.1, 0.15) is 0 Å². The van der Waals surface area contributed by atoms with E-state index in [1.54, 1.807) is 0 Å². The normalized spacial score (nSPS) is 9.58. The van der Waals surface area contributed by atoms with Gasteiger partial charge in [-0.15, -0.1) is 0 Å². The largest absolute Gasteiger partial charge is 0.258 e. The first-order valence-corrected chi connectivity index (χ1v) is 3.92. The van der Waals surface area contributed by atoms with Crippen molar-refractivity contribution in [3.05, 3.63) is 28.1 Å². The highest BCUT2D eigenvalue weighted by Crippen LogP contribution is 2.17. The van der Waals surface area contributed by atoms with Gasteiger partial charge in [-0.05, 0) is 38.8 Å². The fourth-order valence-corrected chi connectivity index (χ4v) is 1.23. The van der Waals surface area contributed by atoms with E-state index in [0.29, 0.717) is 0 Å². The first-order chi connectivity index (χ1) is 5.57. The highest BCUT2D eigenvalue weighted by molar-refractivity contribution is 5.46. The number of nitriles is 1. The van der Waals surface area contributed by atoms with Crippen molar-refractivity contribution in [3.8, 4) is 6.07 Å². The van der Waals surface area contributed by atoms with Gasteiger partial charge in [-0.1, -0.05) is 0 Å². The van der Waals surface area contributed by atoms with E-state index in [0.717, 1.165) is 28.1 Å². The molecule has 1 aromatic rings. The molecular formula is C10H12N2. The summed E-state index contributed by atoms with van der Waals surface area (Å²) in [5, 5.41) is 8.87. The second kappa shape index (κ2) is 2.94. The molecule has 0 saturated carbocycles. The summed E-state index contributed by atoms with van der Waals surface area (Å²) in [5.74, 6) is 0. The van der Waals surface area contributed by atoms with Crippen LogP contribution in [0.3, 0.4) is 0 Å². The minimum Gasteiger partial charge on any atom is -0.258 e. The standard InChI is InChI=1S/C10H12N2/c1-6-8(3)12-9(4)7(2)10(6)5-11/h1-4H3. The molecular weight excluding hydrogens is 148 g/mol. The molecule has 0 radical (unpaired) electrons. The van der Waals surface area contributed by atoms with Crippen LogP contribution in [0.25, 0.3) is 0 Å². The van der Waals surface area contributed by atoms with Crippen molar-refractivity contribution in [1.82, 2.24) is 4.98 Å². The molecule has 0 aromatic carbocycles. The van der Waals surface area contributed by atoms with Crippen LogP contribution in [-0.2, 0) is 0 Å². The van der Waals surface area contributed by atoms with E-state index in [2.05, 4.69) is 11.1 Å². The fraction of sp³-hybridized carbons (Fsp3) is 0.400. The molecule has 0 saturated heterocycles. The lowest BCUT2D eigenvalue weighted by atomic mass is 10.0. The topological polar surface area (TPSA) is 36.7 Å². The number of aromatic nitrogens is 1. The molecule has 0 aliphatic rings. The molecule has 0 N–H and O–H groups in total. The van der Waals surface area contributed by atoms with Gasteiger partial charge in [0.15, 0.2) is 0 Å². The Hall–Kier alpha value is -1.36. The van der Waals surface area contributed by atoms with Crippen molar-refractivity contribution >= 4 is 0 Å². The summed E-state index contributed by atoms with van der Waals surface area (Å²) >= 11 is 0. The van der Waals surface area contributed by atoms with E-state index in [1.165, 1.54) is 0 Å². The molecule has 2 heteroatoms. The van der Waals surface area contributed by atoms with E-state index in [9.17, 15) is 0 Å². The minimum absolute atomic E-state index is 0.778. The summed E-state index contributed by atoms with van der Waals surface area (Å²) in [6, 6.07) is 2.21. The van der Waals surface area contributed by atoms with Crippen LogP contribution in [0.1, 0.15) is 28.1 Å². The maximum absolute atomic E-state index is 8.87. The van der Waals surface area contributed by atoms with E-state index in [4.69, 9.17) is 5.26 Å². The van der Waals surface area contributed by atoms with E-state index in [-0.39, 0.29) is 0 Å². The van der Waals surface area contributed by atoms with E-state index >= 15 is 0 Å². The van der Waals surface area contributed by atoms with Gasteiger partial charge in [-0.25, -0.2) is 0 Å². The third-order valence-electron chi connectivity index (χ3n) is 2.28. The molecule has 0 amide bonds. The second-order valence-corrected chi connectivity index (χ2v) is 3.02. The van der Waals surface area contributed by atoms with Gasteiger partial charge in [-0.3, -0.25) is 4.98 Å². The Labute approximate surface area is 72.9 Å². The zero-order chi connectivity index (χ0) is 9.30. The van der Waals surface area contributed by atoms with Crippen molar-refractivity contribution < 1.29 is 0 Å². The molecule has 0 aliphatic carbocycles. The van der Waals surface area contributed by atoms with Crippen molar-refractivity contribution in [3.63, 3.8) is 0 Å². The van der Waals surface area contributed by atoms with Crippen LogP contribution in [0.5, 0.6) is 0 Å². The van der Waals surface area contributed by atoms with Crippen molar-refractivity contribution in [2.24, 2.45) is 0 Å². The van der Waals surface area contributed by atoms with Gasteiger partial charge < -0.3 is 0 Å². The molecule has 2 nitrogen and oxygen atoms in total. The summed E-state index contributed by atoms with van der Waals surface area (Å²) in [7, 11) is 0. The second-order valence-electron chi connectivity index (χ2n) is 3.02. The average molecular weight is 160 g/mol. The monoisotopic (exact) mass is 160 g/mol. The van der Waals surface area contributed by atoms with E-state index < -0.39 is 0 Å². The molecule has 1 rings (SSSR count). The molecule has 0 bridgehead atoms. The molecule has 0 atom stereocenters. The zero-order valence-corrected chi connectivity index (χ0v) is 7.89. The summed E-state index contributed by atoms with van der Waals surface area (Å²) in [6.45, 7) is 7.74. The Morgan fingerprint density at radius 2 is 1.42 bits per heavy atom. The molecule has 0 fully saturated rings. The minimum atomic E-state index is 0.778. The smallest absolute Gasteiger partial charge is 0.0998 e. The highest BCUT2D eigenvalue weighted by Gasteiger charge is 2.07. The van der Waals surface area contributed by atoms with E-state index in [1.807, 2.05) is 27.7 Å². The van der Waals surface area contributed by atoms with Crippen LogP contribution < -0.4 is 0 Å². The van der Waals surface area contributed by atoms with Crippen LogP contribution in [0.2, 0.25) is 0 Å². The van der Waals surface area contributed by atoms with Crippen LogP contribution in [0, 0.1) is 39.0 Å². The number of hydrogen-bond donors (Lipinski definition) is 0. The van der Waals surface area contributed by atoms with Gasteiger partial charge in [0.05, 0.1) is 11.6 Å². The Balaban J connectivity index is 3.56. The SMILES string of the molecule is Cc1nc(C)c(C)c(C#N)c1C.